The first-order valence-corrected chi connectivity index (χ1v) is 10.9. The number of fused-ring (bicyclic) bond motifs is 4. The van der Waals surface area contributed by atoms with Gasteiger partial charge in [0.1, 0.15) is 16.7 Å². The van der Waals surface area contributed by atoms with Gasteiger partial charge in [-0.05, 0) is 43.7 Å². The van der Waals surface area contributed by atoms with Crippen LogP contribution < -0.4 is 5.56 Å². The van der Waals surface area contributed by atoms with Crippen LogP contribution >= 0.6 is 0 Å². The van der Waals surface area contributed by atoms with Crippen LogP contribution in [0.3, 0.4) is 0 Å². The lowest BCUT2D eigenvalue weighted by Crippen LogP contribution is -2.24. The summed E-state index contributed by atoms with van der Waals surface area (Å²) in [6.45, 7) is 4.38. The van der Waals surface area contributed by atoms with Gasteiger partial charge in [-0.15, -0.1) is 0 Å². The number of benzene rings is 3. The van der Waals surface area contributed by atoms with Crippen molar-refractivity contribution in [3.05, 3.63) is 106 Å². The third kappa shape index (κ3) is 3.10. The summed E-state index contributed by atoms with van der Waals surface area (Å²) in [4.78, 5) is 28.5. The molecule has 0 radical (unpaired) electrons. The van der Waals surface area contributed by atoms with Crippen molar-refractivity contribution in [1.29, 1.82) is 0 Å². The number of rotatable bonds is 3. The van der Waals surface area contributed by atoms with Crippen LogP contribution in [0.1, 0.15) is 17.0 Å². The largest absolute Gasteiger partial charge is 0.292 e. The molecule has 0 amide bonds. The molecule has 0 aliphatic rings. The Bertz CT molecular complexity index is 1710. The molecule has 0 aliphatic carbocycles. The maximum atomic E-state index is 13.9. The highest BCUT2D eigenvalue weighted by Crippen LogP contribution is 2.28. The van der Waals surface area contributed by atoms with Crippen molar-refractivity contribution in [2.45, 2.75) is 20.4 Å². The number of para-hydroxylation sites is 3. The highest BCUT2D eigenvalue weighted by molar-refractivity contribution is 6.05. The van der Waals surface area contributed by atoms with Crippen LogP contribution in [0.5, 0.6) is 0 Å². The molecule has 6 heteroatoms. The molecule has 0 fully saturated rings. The Balaban J connectivity index is 1.71. The Morgan fingerprint density at radius 2 is 1.39 bits per heavy atom. The fourth-order valence-corrected chi connectivity index (χ4v) is 4.31. The normalized spacial score (nSPS) is 11.6. The number of aryl methyl sites for hydroxylation is 2. The molecule has 0 atom stereocenters. The van der Waals surface area contributed by atoms with Crippen LogP contribution in [0.4, 0.5) is 0 Å². The monoisotopic (exact) mass is 431 g/mol. The summed E-state index contributed by atoms with van der Waals surface area (Å²) >= 11 is 0. The molecule has 3 aromatic carbocycles. The van der Waals surface area contributed by atoms with Crippen LogP contribution in [0, 0.1) is 13.8 Å². The first-order valence-electron chi connectivity index (χ1n) is 10.9. The van der Waals surface area contributed by atoms with E-state index in [2.05, 4.69) is 19.1 Å². The summed E-state index contributed by atoms with van der Waals surface area (Å²) in [6, 6.07) is 25.8. The fraction of sp³-hybridized carbons (Fsp3) is 0.111. The molecule has 0 aliphatic heterocycles. The highest BCUT2D eigenvalue weighted by atomic mass is 16.1. The van der Waals surface area contributed by atoms with Crippen LogP contribution in [0.15, 0.2) is 83.7 Å². The van der Waals surface area contributed by atoms with Crippen LogP contribution in [-0.2, 0) is 6.54 Å². The maximum Gasteiger partial charge on any atom is 0.265 e. The van der Waals surface area contributed by atoms with Crippen molar-refractivity contribution >= 4 is 33.2 Å². The molecule has 0 N–H and O–H groups in total. The van der Waals surface area contributed by atoms with Crippen LogP contribution in [0.2, 0.25) is 0 Å². The molecule has 0 bridgehead atoms. The van der Waals surface area contributed by atoms with Gasteiger partial charge in [-0.2, -0.15) is 0 Å². The van der Waals surface area contributed by atoms with E-state index in [4.69, 9.17) is 15.0 Å². The van der Waals surface area contributed by atoms with E-state index in [1.54, 1.807) is 4.57 Å². The quantitative estimate of drug-likeness (QED) is 0.398. The standard InChI is InChI=1S/C27H21N5O/c1-17-12-14-19(15-13-17)16-31-18(2)28-25-23(27(31)33)24-26(32(25)20-8-4-3-5-9-20)30-22-11-7-6-10-21(22)29-24/h3-15H,16H2,1-2H3. The molecule has 6 aromatic rings. The van der Waals surface area contributed by atoms with E-state index < -0.39 is 0 Å². The van der Waals surface area contributed by atoms with Crippen molar-refractivity contribution in [3.8, 4) is 5.69 Å². The predicted octanol–water partition coefficient (Wildman–Crippen LogP) is 4.95. The zero-order chi connectivity index (χ0) is 22.5. The zero-order valence-corrected chi connectivity index (χ0v) is 18.4. The Hall–Kier alpha value is -4.32. The van der Waals surface area contributed by atoms with E-state index in [-0.39, 0.29) is 5.56 Å². The van der Waals surface area contributed by atoms with E-state index in [1.165, 1.54) is 5.56 Å². The van der Waals surface area contributed by atoms with Crippen molar-refractivity contribution in [3.63, 3.8) is 0 Å². The van der Waals surface area contributed by atoms with E-state index in [1.807, 2.05) is 78.2 Å². The second kappa shape index (κ2) is 7.38. The lowest BCUT2D eigenvalue weighted by atomic mass is 10.1. The van der Waals surface area contributed by atoms with Crippen molar-refractivity contribution in [2.24, 2.45) is 0 Å². The van der Waals surface area contributed by atoms with Crippen LogP contribution in [0.25, 0.3) is 38.9 Å². The summed E-state index contributed by atoms with van der Waals surface area (Å²) < 4.78 is 3.66. The average Bonchev–Trinajstić information content (AvgIpc) is 3.14. The van der Waals surface area contributed by atoms with E-state index in [9.17, 15) is 4.79 Å². The summed E-state index contributed by atoms with van der Waals surface area (Å²) in [5, 5.41) is 0.491. The minimum Gasteiger partial charge on any atom is -0.292 e. The molecule has 6 nitrogen and oxygen atoms in total. The van der Waals surface area contributed by atoms with Crippen LogP contribution in [-0.4, -0.2) is 24.1 Å². The summed E-state index contributed by atoms with van der Waals surface area (Å²) in [6.07, 6.45) is 0. The average molecular weight is 431 g/mol. The van der Waals surface area contributed by atoms with E-state index >= 15 is 0 Å². The van der Waals surface area contributed by atoms with Gasteiger partial charge in [0.2, 0.25) is 0 Å². The van der Waals surface area contributed by atoms with E-state index in [0.29, 0.717) is 34.6 Å². The lowest BCUT2D eigenvalue weighted by Gasteiger charge is -2.11. The van der Waals surface area contributed by atoms with Gasteiger partial charge in [0, 0.05) is 5.69 Å². The maximum absolute atomic E-state index is 13.9. The Morgan fingerprint density at radius 3 is 2.12 bits per heavy atom. The molecule has 0 unspecified atom stereocenters. The number of hydrogen-bond donors (Lipinski definition) is 0. The van der Waals surface area contributed by atoms with Gasteiger partial charge in [-0.1, -0.05) is 60.2 Å². The van der Waals surface area contributed by atoms with Gasteiger partial charge in [-0.3, -0.25) is 13.9 Å². The third-order valence-electron chi connectivity index (χ3n) is 6.03. The molecule has 3 heterocycles. The smallest absolute Gasteiger partial charge is 0.265 e. The first kappa shape index (κ1) is 19.4. The first-order chi connectivity index (χ1) is 16.1. The van der Waals surface area contributed by atoms with Gasteiger partial charge >= 0.3 is 0 Å². The Morgan fingerprint density at radius 1 is 0.727 bits per heavy atom. The second-order valence-electron chi connectivity index (χ2n) is 8.29. The zero-order valence-electron chi connectivity index (χ0n) is 18.4. The Labute approximate surface area is 189 Å². The molecule has 0 spiro atoms. The summed E-state index contributed by atoms with van der Waals surface area (Å²) in [7, 11) is 0. The number of hydrogen-bond acceptors (Lipinski definition) is 4. The number of nitrogens with zero attached hydrogens (tertiary/aromatic N) is 5. The van der Waals surface area contributed by atoms with Crippen molar-refractivity contribution in [2.75, 3.05) is 0 Å². The van der Waals surface area contributed by atoms with Gasteiger partial charge in [0.15, 0.2) is 11.3 Å². The highest BCUT2D eigenvalue weighted by Gasteiger charge is 2.22. The lowest BCUT2D eigenvalue weighted by molar-refractivity contribution is 0.711. The SMILES string of the molecule is Cc1ccc(Cn2c(C)nc3c(c2=O)c2nc4ccccc4nc2n3-c2ccccc2)cc1. The van der Waals surface area contributed by atoms with Gasteiger partial charge in [-0.25, -0.2) is 15.0 Å². The molecular weight excluding hydrogens is 410 g/mol. The molecule has 3 aromatic heterocycles. The third-order valence-corrected chi connectivity index (χ3v) is 6.03. The summed E-state index contributed by atoms with van der Waals surface area (Å²) in [5.74, 6) is 0.651. The molecule has 6 rings (SSSR count). The molecule has 0 saturated carbocycles. The van der Waals surface area contributed by atoms with Crippen molar-refractivity contribution in [1.82, 2.24) is 24.1 Å². The molecule has 160 valence electrons. The molecular formula is C27H21N5O. The predicted molar refractivity (Wildman–Crippen MR) is 131 cm³/mol. The topological polar surface area (TPSA) is 65.6 Å². The molecule has 33 heavy (non-hydrogen) atoms. The van der Waals surface area contributed by atoms with Crippen molar-refractivity contribution < 1.29 is 0 Å². The van der Waals surface area contributed by atoms with Gasteiger partial charge in [0.05, 0.1) is 17.6 Å². The second-order valence-corrected chi connectivity index (χ2v) is 8.29. The minimum atomic E-state index is -0.109. The minimum absolute atomic E-state index is 0.109. The fourth-order valence-electron chi connectivity index (χ4n) is 4.31. The molecule has 0 saturated heterocycles. The van der Waals surface area contributed by atoms with Gasteiger partial charge in [0.25, 0.3) is 5.56 Å². The number of aromatic nitrogens is 5. The Kier molecular flexibility index (Phi) is 4.33. The van der Waals surface area contributed by atoms with E-state index in [0.717, 1.165) is 22.3 Å². The van der Waals surface area contributed by atoms with Gasteiger partial charge < -0.3 is 0 Å². The summed E-state index contributed by atoms with van der Waals surface area (Å²) in [5.41, 5.74) is 6.33.